The van der Waals surface area contributed by atoms with Crippen molar-refractivity contribution in [3.8, 4) is 5.75 Å². The van der Waals surface area contributed by atoms with E-state index in [9.17, 15) is 4.79 Å². The Morgan fingerprint density at radius 1 is 1.41 bits per heavy atom. The van der Waals surface area contributed by atoms with E-state index in [2.05, 4.69) is 5.32 Å². The fourth-order valence-corrected chi connectivity index (χ4v) is 1.53. The molecule has 0 bridgehead atoms. The average Bonchev–Trinajstić information content (AvgIpc) is 2.35. The Labute approximate surface area is 103 Å². The van der Waals surface area contributed by atoms with Crippen LogP contribution < -0.4 is 10.1 Å². The van der Waals surface area contributed by atoms with Crippen molar-refractivity contribution in [2.24, 2.45) is 0 Å². The Balaban J connectivity index is 2.63. The Hall–Kier alpha value is -1.55. The van der Waals surface area contributed by atoms with Crippen molar-refractivity contribution in [1.82, 2.24) is 10.2 Å². The lowest BCUT2D eigenvalue weighted by Crippen LogP contribution is -2.34. The quantitative estimate of drug-likeness (QED) is 0.841. The number of nitrogens with one attached hydrogen (secondary N) is 1. The first-order valence-electron chi connectivity index (χ1n) is 5.62. The van der Waals surface area contributed by atoms with Crippen molar-refractivity contribution in [3.05, 3.63) is 29.8 Å². The van der Waals surface area contributed by atoms with Crippen molar-refractivity contribution in [3.63, 3.8) is 0 Å². The molecular weight excluding hydrogens is 216 g/mol. The molecule has 1 amide bonds. The summed E-state index contributed by atoms with van der Waals surface area (Å²) in [6.07, 6.45) is 0. The van der Waals surface area contributed by atoms with Crippen molar-refractivity contribution in [2.75, 3.05) is 27.7 Å². The molecule has 0 aliphatic carbocycles. The van der Waals surface area contributed by atoms with Crippen LogP contribution in [0.4, 0.5) is 0 Å². The molecule has 0 aliphatic rings. The fraction of sp³-hybridized carbons (Fsp3) is 0.462. The van der Waals surface area contributed by atoms with Crippen LogP contribution in [0.15, 0.2) is 24.3 Å². The molecule has 1 rings (SSSR count). The largest absolute Gasteiger partial charge is 0.496 e. The van der Waals surface area contributed by atoms with Gasteiger partial charge in [0.05, 0.1) is 13.7 Å². The molecule has 0 spiro atoms. The van der Waals surface area contributed by atoms with E-state index in [1.807, 2.05) is 31.2 Å². The van der Waals surface area contributed by atoms with Crippen molar-refractivity contribution in [1.29, 1.82) is 0 Å². The highest BCUT2D eigenvalue weighted by Gasteiger charge is 2.12. The summed E-state index contributed by atoms with van der Waals surface area (Å²) in [5.41, 5.74) is 1.06. The number of likely N-dealkylation sites (N-methyl/N-ethyl adjacent to an activating group) is 1. The second-order valence-electron chi connectivity index (χ2n) is 4.13. The van der Waals surface area contributed by atoms with Crippen molar-refractivity contribution >= 4 is 5.91 Å². The zero-order valence-corrected chi connectivity index (χ0v) is 10.9. The summed E-state index contributed by atoms with van der Waals surface area (Å²) in [5, 5.41) is 3.18. The number of carbonyl (C=O) groups is 1. The minimum atomic E-state index is 0.0618. The number of rotatable bonds is 5. The van der Waals surface area contributed by atoms with Crippen LogP contribution in [0.3, 0.4) is 0 Å². The predicted octanol–water partition coefficient (Wildman–Crippen LogP) is 1.43. The van der Waals surface area contributed by atoms with Gasteiger partial charge in [-0.15, -0.1) is 0 Å². The van der Waals surface area contributed by atoms with Crippen LogP contribution in [0.2, 0.25) is 0 Å². The highest BCUT2D eigenvalue weighted by molar-refractivity contribution is 5.77. The van der Waals surface area contributed by atoms with E-state index in [-0.39, 0.29) is 11.9 Å². The lowest BCUT2D eigenvalue weighted by Gasteiger charge is -2.18. The molecule has 94 valence electrons. The van der Waals surface area contributed by atoms with Gasteiger partial charge < -0.3 is 15.0 Å². The molecule has 0 fully saturated rings. The molecule has 0 aliphatic heterocycles. The molecule has 1 atom stereocenters. The monoisotopic (exact) mass is 236 g/mol. The van der Waals surface area contributed by atoms with E-state index >= 15 is 0 Å². The van der Waals surface area contributed by atoms with E-state index < -0.39 is 0 Å². The van der Waals surface area contributed by atoms with Crippen LogP contribution in [-0.2, 0) is 4.79 Å². The zero-order chi connectivity index (χ0) is 12.8. The maximum atomic E-state index is 11.5. The summed E-state index contributed by atoms with van der Waals surface area (Å²) in [5.74, 6) is 0.900. The Morgan fingerprint density at radius 3 is 2.65 bits per heavy atom. The van der Waals surface area contributed by atoms with Crippen LogP contribution in [-0.4, -0.2) is 38.6 Å². The summed E-state index contributed by atoms with van der Waals surface area (Å²) in [6.45, 7) is 2.34. The minimum Gasteiger partial charge on any atom is -0.496 e. The molecule has 0 saturated carbocycles. The van der Waals surface area contributed by atoms with Gasteiger partial charge in [0.25, 0.3) is 0 Å². The molecule has 1 aromatic carbocycles. The zero-order valence-electron chi connectivity index (χ0n) is 10.9. The Bertz CT molecular complexity index is 377. The number of hydrogen-bond donors (Lipinski definition) is 1. The highest BCUT2D eigenvalue weighted by atomic mass is 16.5. The van der Waals surface area contributed by atoms with E-state index in [0.29, 0.717) is 6.54 Å². The van der Waals surface area contributed by atoms with Gasteiger partial charge >= 0.3 is 0 Å². The van der Waals surface area contributed by atoms with Crippen LogP contribution in [0.1, 0.15) is 18.5 Å². The SMILES string of the molecule is COc1ccccc1C(C)NCC(=O)N(C)C. The summed E-state index contributed by atoms with van der Waals surface area (Å²) in [6, 6.07) is 7.89. The van der Waals surface area contributed by atoms with Gasteiger partial charge in [0, 0.05) is 25.7 Å². The summed E-state index contributed by atoms with van der Waals surface area (Å²) < 4.78 is 5.29. The van der Waals surface area contributed by atoms with Gasteiger partial charge in [0.15, 0.2) is 0 Å². The van der Waals surface area contributed by atoms with Gasteiger partial charge in [0.2, 0.25) is 5.91 Å². The van der Waals surface area contributed by atoms with Gasteiger partial charge in [-0.25, -0.2) is 0 Å². The van der Waals surface area contributed by atoms with Gasteiger partial charge in [-0.3, -0.25) is 4.79 Å². The lowest BCUT2D eigenvalue weighted by atomic mass is 10.1. The average molecular weight is 236 g/mol. The fourth-order valence-electron chi connectivity index (χ4n) is 1.53. The summed E-state index contributed by atoms with van der Waals surface area (Å²) >= 11 is 0. The Morgan fingerprint density at radius 2 is 2.06 bits per heavy atom. The first kappa shape index (κ1) is 13.5. The van der Waals surface area contributed by atoms with Gasteiger partial charge in [0.1, 0.15) is 5.75 Å². The third kappa shape index (κ3) is 3.75. The topological polar surface area (TPSA) is 41.6 Å². The molecule has 1 unspecified atom stereocenters. The maximum Gasteiger partial charge on any atom is 0.236 e. The van der Waals surface area contributed by atoms with Crippen molar-refractivity contribution < 1.29 is 9.53 Å². The second-order valence-corrected chi connectivity index (χ2v) is 4.13. The molecule has 4 heteroatoms. The molecule has 17 heavy (non-hydrogen) atoms. The highest BCUT2D eigenvalue weighted by Crippen LogP contribution is 2.23. The van der Waals surface area contributed by atoms with Gasteiger partial charge in [-0.05, 0) is 13.0 Å². The predicted molar refractivity (Wildman–Crippen MR) is 68.1 cm³/mol. The van der Waals surface area contributed by atoms with Crippen LogP contribution in [0.25, 0.3) is 0 Å². The molecule has 0 heterocycles. The lowest BCUT2D eigenvalue weighted by molar-refractivity contribution is -0.127. The first-order chi connectivity index (χ1) is 8.06. The molecule has 1 N–H and O–H groups in total. The minimum absolute atomic E-state index is 0.0618. The van der Waals surface area contributed by atoms with Crippen LogP contribution in [0, 0.1) is 0 Å². The summed E-state index contributed by atoms with van der Waals surface area (Å²) in [4.78, 5) is 13.0. The molecule has 4 nitrogen and oxygen atoms in total. The molecule has 1 aromatic rings. The van der Waals surface area contributed by atoms with Gasteiger partial charge in [-0.1, -0.05) is 18.2 Å². The molecule has 0 aromatic heterocycles. The molecule has 0 saturated heterocycles. The number of benzene rings is 1. The van der Waals surface area contributed by atoms with Crippen molar-refractivity contribution in [2.45, 2.75) is 13.0 Å². The van der Waals surface area contributed by atoms with E-state index in [0.717, 1.165) is 11.3 Å². The molecular formula is C13H20N2O2. The van der Waals surface area contributed by atoms with E-state index in [1.54, 1.807) is 26.1 Å². The van der Waals surface area contributed by atoms with Crippen LogP contribution in [0.5, 0.6) is 5.75 Å². The first-order valence-corrected chi connectivity index (χ1v) is 5.62. The van der Waals surface area contributed by atoms with Crippen LogP contribution >= 0.6 is 0 Å². The number of methoxy groups -OCH3 is 1. The number of hydrogen-bond acceptors (Lipinski definition) is 3. The van der Waals surface area contributed by atoms with Gasteiger partial charge in [-0.2, -0.15) is 0 Å². The Kier molecular flexibility index (Phi) is 4.97. The van der Waals surface area contributed by atoms with E-state index in [1.165, 1.54) is 0 Å². The number of amides is 1. The third-order valence-electron chi connectivity index (χ3n) is 2.66. The summed E-state index contributed by atoms with van der Waals surface area (Å²) in [7, 11) is 5.14. The standard InChI is InChI=1S/C13H20N2O2/c1-10(14-9-13(16)15(2)3)11-7-5-6-8-12(11)17-4/h5-8,10,14H,9H2,1-4H3. The normalized spacial score (nSPS) is 12.0. The maximum absolute atomic E-state index is 11.5. The number of ether oxygens (including phenoxy) is 1. The third-order valence-corrected chi connectivity index (χ3v) is 2.66. The van der Waals surface area contributed by atoms with E-state index in [4.69, 9.17) is 4.74 Å². The second kappa shape index (κ2) is 6.25. The number of nitrogens with zero attached hydrogens (tertiary/aromatic N) is 1. The number of para-hydroxylation sites is 1. The molecule has 0 radical (unpaired) electrons. The number of carbonyl (C=O) groups excluding carboxylic acids is 1. The smallest absolute Gasteiger partial charge is 0.236 e.